The number of nitrogens with one attached hydrogen (secondary N) is 1. The summed E-state index contributed by atoms with van der Waals surface area (Å²) in [6.07, 6.45) is 6.73. The minimum absolute atomic E-state index is 0.0951. The minimum Gasteiger partial charge on any atom is -0.313 e. The fourth-order valence-corrected chi connectivity index (χ4v) is 2.20. The molecule has 0 saturated heterocycles. The third-order valence-electron chi connectivity index (χ3n) is 3.30. The van der Waals surface area contributed by atoms with Crippen molar-refractivity contribution in [2.75, 3.05) is 7.05 Å². The first-order valence-corrected chi connectivity index (χ1v) is 6.81. The zero-order valence-electron chi connectivity index (χ0n) is 11.3. The van der Waals surface area contributed by atoms with Gasteiger partial charge in [0.15, 0.2) is 11.6 Å². The summed E-state index contributed by atoms with van der Waals surface area (Å²) in [6, 6.07) is 4.29. The number of benzene rings is 1. The van der Waals surface area contributed by atoms with Crippen LogP contribution in [0.5, 0.6) is 0 Å². The standard InChI is InChI=1S/C15H23F2N/c1-3-4-5-6-7-11-14(18-2)12-9-8-10-13(16)15(12)17/h8-10,14,18H,3-7,11H2,1-2H3. The van der Waals surface area contributed by atoms with Crippen molar-refractivity contribution in [3.05, 3.63) is 35.4 Å². The number of halogens is 2. The van der Waals surface area contributed by atoms with Gasteiger partial charge in [0.1, 0.15) is 0 Å². The molecule has 0 bridgehead atoms. The van der Waals surface area contributed by atoms with Gasteiger partial charge in [-0.3, -0.25) is 0 Å². The van der Waals surface area contributed by atoms with Crippen molar-refractivity contribution in [2.24, 2.45) is 0 Å². The van der Waals surface area contributed by atoms with Crippen molar-refractivity contribution in [3.8, 4) is 0 Å². The van der Waals surface area contributed by atoms with Crippen LogP contribution in [0.25, 0.3) is 0 Å². The summed E-state index contributed by atoms with van der Waals surface area (Å²) >= 11 is 0. The second kappa shape index (κ2) is 8.20. The van der Waals surface area contributed by atoms with E-state index in [2.05, 4.69) is 12.2 Å². The normalized spacial score (nSPS) is 12.7. The van der Waals surface area contributed by atoms with E-state index in [4.69, 9.17) is 0 Å². The van der Waals surface area contributed by atoms with E-state index in [0.29, 0.717) is 5.56 Å². The first kappa shape index (κ1) is 15.1. The molecule has 1 rings (SSSR count). The molecule has 3 heteroatoms. The first-order valence-electron chi connectivity index (χ1n) is 6.81. The van der Waals surface area contributed by atoms with E-state index in [0.717, 1.165) is 25.3 Å². The summed E-state index contributed by atoms with van der Waals surface area (Å²) < 4.78 is 26.8. The van der Waals surface area contributed by atoms with Crippen molar-refractivity contribution in [1.82, 2.24) is 5.32 Å². The lowest BCUT2D eigenvalue weighted by atomic mass is 9.99. The number of hydrogen-bond acceptors (Lipinski definition) is 1. The lowest BCUT2D eigenvalue weighted by molar-refractivity contribution is 0.450. The molecule has 0 amide bonds. The molecule has 1 aromatic rings. The van der Waals surface area contributed by atoms with Gasteiger partial charge >= 0.3 is 0 Å². The molecule has 102 valence electrons. The maximum absolute atomic E-state index is 13.7. The molecule has 1 atom stereocenters. The Balaban J connectivity index is 2.52. The highest BCUT2D eigenvalue weighted by Crippen LogP contribution is 2.24. The van der Waals surface area contributed by atoms with E-state index in [1.54, 1.807) is 19.2 Å². The average molecular weight is 255 g/mol. The molecule has 0 fully saturated rings. The molecule has 0 aromatic heterocycles. The molecule has 0 aliphatic heterocycles. The van der Waals surface area contributed by atoms with Gasteiger partial charge in [0.2, 0.25) is 0 Å². The average Bonchev–Trinajstić information content (AvgIpc) is 2.38. The molecule has 0 heterocycles. The minimum atomic E-state index is -0.765. The zero-order chi connectivity index (χ0) is 13.4. The molecular formula is C15H23F2N. The Bertz CT molecular complexity index is 352. The van der Waals surface area contributed by atoms with Gasteiger partial charge < -0.3 is 5.32 Å². The lowest BCUT2D eigenvalue weighted by Crippen LogP contribution is -2.18. The summed E-state index contributed by atoms with van der Waals surface area (Å²) in [5, 5.41) is 3.07. The van der Waals surface area contributed by atoms with Crippen LogP contribution in [0.4, 0.5) is 8.78 Å². The second-order valence-electron chi connectivity index (χ2n) is 4.69. The fraction of sp³-hybridized carbons (Fsp3) is 0.600. The van der Waals surface area contributed by atoms with Gasteiger partial charge in [-0.2, -0.15) is 0 Å². The summed E-state index contributed by atoms with van der Waals surface area (Å²) in [7, 11) is 1.79. The van der Waals surface area contributed by atoms with Crippen LogP contribution in [0.3, 0.4) is 0 Å². The topological polar surface area (TPSA) is 12.0 Å². The maximum atomic E-state index is 13.7. The van der Waals surface area contributed by atoms with Gasteiger partial charge in [-0.25, -0.2) is 8.78 Å². The molecule has 1 nitrogen and oxygen atoms in total. The number of hydrogen-bond donors (Lipinski definition) is 1. The van der Waals surface area contributed by atoms with Crippen molar-refractivity contribution >= 4 is 0 Å². The van der Waals surface area contributed by atoms with Crippen LogP contribution in [0, 0.1) is 11.6 Å². The second-order valence-corrected chi connectivity index (χ2v) is 4.69. The monoisotopic (exact) mass is 255 g/mol. The summed E-state index contributed by atoms with van der Waals surface area (Å²) in [6.45, 7) is 2.18. The van der Waals surface area contributed by atoms with Crippen LogP contribution in [0.2, 0.25) is 0 Å². The predicted octanol–water partition coefficient (Wildman–Crippen LogP) is 4.59. The Morgan fingerprint density at radius 2 is 1.83 bits per heavy atom. The summed E-state index contributed by atoms with van der Waals surface area (Å²) in [4.78, 5) is 0. The molecule has 1 N–H and O–H groups in total. The van der Waals surface area contributed by atoms with E-state index in [1.807, 2.05) is 0 Å². The van der Waals surface area contributed by atoms with Crippen LogP contribution >= 0.6 is 0 Å². The molecule has 1 unspecified atom stereocenters. The molecule has 0 radical (unpaired) electrons. The Labute approximate surface area is 109 Å². The molecular weight excluding hydrogens is 232 g/mol. The summed E-state index contributed by atoms with van der Waals surface area (Å²) in [5.41, 5.74) is 0.438. The van der Waals surface area contributed by atoms with Crippen molar-refractivity contribution in [3.63, 3.8) is 0 Å². The molecule has 0 aliphatic carbocycles. The van der Waals surface area contributed by atoms with Gasteiger partial charge in [-0.05, 0) is 19.5 Å². The fourth-order valence-electron chi connectivity index (χ4n) is 2.20. The quantitative estimate of drug-likeness (QED) is 0.670. The van der Waals surface area contributed by atoms with E-state index < -0.39 is 11.6 Å². The van der Waals surface area contributed by atoms with Crippen molar-refractivity contribution in [2.45, 2.75) is 51.5 Å². The molecule has 0 saturated carbocycles. The Hall–Kier alpha value is -0.960. The SMILES string of the molecule is CCCCCCCC(NC)c1cccc(F)c1F. The number of unbranched alkanes of at least 4 members (excludes halogenated alkanes) is 4. The van der Waals surface area contributed by atoms with Crippen LogP contribution in [-0.2, 0) is 0 Å². The highest BCUT2D eigenvalue weighted by atomic mass is 19.2. The molecule has 1 aromatic carbocycles. The van der Waals surface area contributed by atoms with Crippen LogP contribution in [-0.4, -0.2) is 7.05 Å². The van der Waals surface area contributed by atoms with Gasteiger partial charge in [-0.1, -0.05) is 51.2 Å². The van der Waals surface area contributed by atoms with Crippen molar-refractivity contribution < 1.29 is 8.78 Å². The third-order valence-corrected chi connectivity index (χ3v) is 3.30. The Morgan fingerprint density at radius 3 is 2.50 bits per heavy atom. The van der Waals surface area contributed by atoms with Gasteiger partial charge in [0.05, 0.1) is 0 Å². The van der Waals surface area contributed by atoms with E-state index >= 15 is 0 Å². The predicted molar refractivity (Wildman–Crippen MR) is 71.5 cm³/mol. The molecule has 0 aliphatic rings. The molecule has 0 spiro atoms. The molecule has 18 heavy (non-hydrogen) atoms. The van der Waals surface area contributed by atoms with Gasteiger partial charge in [-0.15, -0.1) is 0 Å². The number of rotatable bonds is 8. The van der Waals surface area contributed by atoms with E-state index in [1.165, 1.54) is 19.3 Å². The Morgan fingerprint density at radius 1 is 1.11 bits per heavy atom. The first-order chi connectivity index (χ1) is 8.70. The van der Waals surface area contributed by atoms with Crippen LogP contribution in [0.15, 0.2) is 18.2 Å². The van der Waals surface area contributed by atoms with E-state index in [-0.39, 0.29) is 6.04 Å². The largest absolute Gasteiger partial charge is 0.313 e. The zero-order valence-corrected chi connectivity index (χ0v) is 11.3. The van der Waals surface area contributed by atoms with Crippen LogP contribution < -0.4 is 5.32 Å². The highest BCUT2D eigenvalue weighted by Gasteiger charge is 2.16. The van der Waals surface area contributed by atoms with Crippen molar-refractivity contribution in [1.29, 1.82) is 0 Å². The lowest BCUT2D eigenvalue weighted by Gasteiger charge is -2.17. The third kappa shape index (κ3) is 4.37. The Kier molecular flexibility index (Phi) is 6.88. The van der Waals surface area contributed by atoms with Crippen LogP contribution in [0.1, 0.15) is 57.1 Å². The highest BCUT2D eigenvalue weighted by molar-refractivity contribution is 5.22. The van der Waals surface area contributed by atoms with E-state index in [9.17, 15) is 8.78 Å². The van der Waals surface area contributed by atoms with Gasteiger partial charge in [0.25, 0.3) is 0 Å². The smallest absolute Gasteiger partial charge is 0.163 e. The maximum Gasteiger partial charge on any atom is 0.163 e. The van der Waals surface area contributed by atoms with Gasteiger partial charge in [0, 0.05) is 11.6 Å². The summed E-state index contributed by atoms with van der Waals surface area (Å²) in [5.74, 6) is -1.48.